The normalized spacial score (nSPS) is 11.4. The number of ether oxygens (including phenoxy) is 1. The highest BCUT2D eigenvalue weighted by Gasteiger charge is 2.31. The zero-order chi connectivity index (χ0) is 19.4. The van der Waals surface area contributed by atoms with E-state index in [2.05, 4.69) is 15.6 Å². The molecule has 0 aliphatic heterocycles. The van der Waals surface area contributed by atoms with Crippen molar-refractivity contribution in [1.29, 1.82) is 0 Å². The monoisotopic (exact) mass is 380 g/mol. The van der Waals surface area contributed by atoms with Crippen molar-refractivity contribution in [3.63, 3.8) is 0 Å². The predicted molar refractivity (Wildman–Crippen MR) is 90.2 cm³/mol. The van der Waals surface area contributed by atoms with Crippen LogP contribution in [-0.4, -0.2) is 34.3 Å². The molecule has 1 N–H and O–H groups in total. The number of nitrogens with one attached hydrogen (secondary N) is 1. The lowest BCUT2D eigenvalue weighted by molar-refractivity contribution is -0.137. The largest absolute Gasteiger partial charge is 0.494 e. The fourth-order valence-corrected chi connectivity index (χ4v) is 2.29. The van der Waals surface area contributed by atoms with Gasteiger partial charge in [-0.1, -0.05) is 4.85 Å². The van der Waals surface area contributed by atoms with Crippen molar-refractivity contribution in [3.05, 3.63) is 48.0 Å². The SMILES string of the molecule is CCOc1ccc(NC(=O)COn2nnc3ccc(C(F)(F)F)cc32)cc1. The number of nitrogens with zero attached hydrogens (tertiary/aromatic N) is 3. The van der Waals surface area contributed by atoms with Crippen LogP contribution >= 0.6 is 0 Å². The third-order valence-corrected chi connectivity index (χ3v) is 3.51. The highest BCUT2D eigenvalue weighted by atomic mass is 19.4. The van der Waals surface area contributed by atoms with Gasteiger partial charge < -0.3 is 14.9 Å². The third kappa shape index (κ3) is 4.46. The molecule has 0 unspecified atom stereocenters. The fourth-order valence-electron chi connectivity index (χ4n) is 2.29. The van der Waals surface area contributed by atoms with Gasteiger partial charge in [-0.2, -0.15) is 13.2 Å². The number of alkyl halides is 3. The first kappa shape index (κ1) is 18.5. The number of carbonyl (C=O) groups excluding carboxylic acids is 1. The number of benzene rings is 2. The van der Waals surface area contributed by atoms with Crippen LogP contribution in [0.3, 0.4) is 0 Å². The Bertz CT molecular complexity index is 939. The van der Waals surface area contributed by atoms with Crippen LogP contribution in [0.25, 0.3) is 11.0 Å². The molecule has 0 spiro atoms. The van der Waals surface area contributed by atoms with Crippen LogP contribution in [-0.2, 0) is 11.0 Å². The van der Waals surface area contributed by atoms with Crippen LogP contribution in [0.5, 0.6) is 5.75 Å². The molecule has 0 fully saturated rings. The quantitative estimate of drug-likeness (QED) is 0.712. The molecule has 0 saturated carbocycles. The lowest BCUT2D eigenvalue weighted by Gasteiger charge is -2.09. The van der Waals surface area contributed by atoms with Crippen molar-refractivity contribution >= 4 is 22.6 Å². The van der Waals surface area contributed by atoms with Crippen molar-refractivity contribution in [1.82, 2.24) is 15.2 Å². The standard InChI is InChI=1S/C17H15F3N4O3/c1-2-26-13-6-4-12(5-7-13)21-16(25)10-27-24-15-9-11(17(18,19)20)3-8-14(15)22-23-24/h3-9H,2,10H2,1H3,(H,21,25). The Morgan fingerprint density at radius 1 is 1.19 bits per heavy atom. The van der Waals surface area contributed by atoms with E-state index >= 15 is 0 Å². The van der Waals surface area contributed by atoms with Gasteiger partial charge in [-0.3, -0.25) is 4.79 Å². The van der Waals surface area contributed by atoms with Gasteiger partial charge >= 0.3 is 6.18 Å². The minimum Gasteiger partial charge on any atom is -0.494 e. The number of aromatic nitrogens is 3. The summed E-state index contributed by atoms with van der Waals surface area (Å²) in [5, 5.41) is 9.91. The lowest BCUT2D eigenvalue weighted by atomic mass is 10.2. The Morgan fingerprint density at radius 2 is 1.93 bits per heavy atom. The first-order valence-electron chi connectivity index (χ1n) is 7.95. The van der Waals surface area contributed by atoms with Gasteiger partial charge in [0, 0.05) is 5.69 Å². The van der Waals surface area contributed by atoms with Gasteiger partial charge in [-0.15, -0.1) is 5.10 Å². The van der Waals surface area contributed by atoms with E-state index < -0.39 is 24.3 Å². The molecule has 10 heteroatoms. The Hall–Kier alpha value is -3.30. The molecule has 1 amide bonds. The summed E-state index contributed by atoms with van der Waals surface area (Å²) >= 11 is 0. The van der Waals surface area contributed by atoms with Crippen molar-refractivity contribution in [3.8, 4) is 5.75 Å². The molecule has 0 saturated heterocycles. The summed E-state index contributed by atoms with van der Waals surface area (Å²) in [6, 6.07) is 9.66. The summed E-state index contributed by atoms with van der Waals surface area (Å²) in [4.78, 5) is 17.9. The molecule has 3 aromatic rings. The number of rotatable bonds is 6. The van der Waals surface area contributed by atoms with Crippen LogP contribution in [0.4, 0.5) is 18.9 Å². The molecule has 0 radical (unpaired) electrons. The summed E-state index contributed by atoms with van der Waals surface area (Å²) in [6.07, 6.45) is -4.51. The first-order chi connectivity index (χ1) is 12.9. The molecule has 27 heavy (non-hydrogen) atoms. The summed E-state index contributed by atoms with van der Waals surface area (Å²) < 4.78 is 43.8. The second kappa shape index (κ2) is 7.52. The number of fused-ring (bicyclic) bond motifs is 1. The topological polar surface area (TPSA) is 78.3 Å². The summed E-state index contributed by atoms with van der Waals surface area (Å²) in [5.74, 6) is 0.163. The molecule has 3 rings (SSSR count). The number of carbonyl (C=O) groups is 1. The first-order valence-corrected chi connectivity index (χ1v) is 7.95. The molecule has 2 aromatic carbocycles. The third-order valence-electron chi connectivity index (χ3n) is 3.51. The molecule has 1 heterocycles. The van der Waals surface area contributed by atoms with Crippen LogP contribution in [0.2, 0.25) is 0 Å². The molecule has 0 bridgehead atoms. The summed E-state index contributed by atoms with van der Waals surface area (Å²) in [7, 11) is 0. The van der Waals surface area contributed by atoms with Crippen LogP contribution < -0.4 is 14.9 Å². The number of anilines is 1. The Labute approximate surface area is 151 Å². The second-order valence-electron chi connectivity index (χ2n) is 5.44. The summed E-state index contributed by atoms with van der Waals surface area (Å²) in [6.45, 7) is 1.93. The maximum absolute atomic E-state index is 12.8. The molecule has 7 nitrogen and oxygen atoms in total. The number of hydrogen-bond donors (Lipinski definition) is 1. The Balaban J connectivity index is 1.64. The molecular weight excluding hydrogens is 365 g/mol. The maximum atomic E-state index is 12.8. The van der Waals surface area contributed by atoms with E-state index in [0.717, 1.165) is 17.0 Å². The van der Waals surface area contributed by atoms with E-state index in [9.17, 15) is 18.0 Å². The van der Waals surface area contributed by atoms with E-state index in [1.54, 1.807) is 24.3 Å². The van der Waals surface area contributed by atoms with Crippen LogP contribution in [0.1, 0.15) is 12.5 Å². The zero-order valence-electron chi connectivity index (χ0n) is 14.2. The van der Waals surface area contributed by atoms with E-state index in [1.165, 1.54) is 6.07 Å². The minimum absolute atomic E-state index is 0.0127. The zero-order valence-corrected chi connectivity index (χ0v) is 14.2. The maximum Gasteiger partial charge on any atom is 0.416 e. The smallest absolute Gasteiger partial charge is 0.416 e. The van der Waals surface area contributed by atoms with Crippen molar-refractivity contribution in [2.24, 2.45) is 0 Å². The highest BCUT2D eigenvalue weighted by Crippen LogP contribution is 2.30. The molecular formula is C17H15F3N4O3. The number of halogens is 3. The average molecular weight is 380 g/mol. The van der Waals surface area contributed by atoms with Crippen LogP contribution in [0.15, 0.2) is 42.5 Å². The van der Waals surface area contributed by atoms with Crippen molar-refractivity contribution in [2.45, 2.75) is 13.1 Å². The Kier molecular flexibility index (Phi) is 5.15. The van der Waals surface area contributed by atoms with E-state index in [0.29, 0.717) is 18.0 Å². The molecule has 0 atom stereocenters. The molecule has 142 valence electrons. The number of hydrogen-bond acceptors (Lipinski definition) is 5. The average Bonchev–Trinajstić information content (AvgIpc) is 3.03. The Morgan fingerprint density at radius 3 is 2.59 bits per heavy atom. The summed E-state index contributed by atoms with van der Waals surface area (Å²) in [5.41, 5.74) is -0.107. The molecule has 0 aliphatic carbocycles. The van der Waals surface area contributed by atoms with Crippen molar-refractivity contribution < 1.29 is 27.5 Å². The molecule has 0 aliphatic rings. The fraction of sp³-hybridized carbons (Fsp3) is 0.235. The van der Waals surface area contributed by atoms with Gasteiger partial charge in [0.2, 0.25) is 0 Å². The minimum atomic E-state index is -4.51. The molecule has 1 aromatic heterocycles. The van der Waals surface area contributed by atoms with Gasteiger partial charge in [-0.05, 0) is 54.6 Å². The van der Waals surface area contributed by atoms with Gasteiger partial charge in [0.15, 0.2) is 6.61 Å². The highest BCUT2D eigenvalue weighted by molar-refractivity contribution is 5.91. The second-order valence-corrected chi connectivity index (χ2v) is 5.44. The predicted octanol–water partition coefficient (Wildman–Crippen LogP) is 2.92. The van der Waals surface area contributed by atoms with Crippen LogP contribution in [0, 0.1) is 0 Å². The van der Waals surface area contributed by atoms with Gasteiger partial charge in [-0.25, -0.2) is 0 Å². The van der Waals surface area contributed by atoms with E-state index in [1.807, 2.05) is 6.92 Å². The lowest BCUT2D eigenvalue weighted by Crippen LogP contribution is -2.26. The van der Waals surface area contributed by atoms with Gasteiger partial charge in [0.25, 0.3) is 5.91 Å². The van der Waals surface area contributed by atoms with Gasteiger partial charge in [0.1, 0.15) is 16.8 Å². The van der Waals surface area contributed by atoms with E-state index in [4.69, 9.17) is 9.57 Å². The number of amides is 1. The van der Waals surface area contributed by atoms with Crippen molar-refractivity contribution in [2.75, 3.05) is 18.5 Å². The van der Waals surface area contributed by atoms with Gasteiger partial charge in [0.05, 0.1) is 12.2 Å². The van der Waals surface area contributed by atoms with E-state index in [-0.39, 0.29) is 11.0 Å².